The van der Waals surface area contributed by atoms with Crippen LogP contribution in [0, 0.1) is 0 Å². The van der Waals surface area contributed by atoms with Crippen LogP contribution in [0.4, 0.5) is 68.2 Å². The highest BCUT2D eigenvalue weighted by Gasteiger charge is 2.49. The molecule has 0 N–H and O–H groups in total. The van der Waals surface area contributed by atoms with Crippen molar-refractivity contribution in [3.05, 3.63) is 350 Å². The van der Waals surface area contributed by atoms with Crippen molar-refractivity contribution < 1.29 is 4.74 Å². The van der Waals surface area contributed by atoms with Gasteiger partial charge in [-0.15, -0.1) is 34.0 Å². The Hall–Kier alpha value is -11.9. The van der Waals surface area contributed by atoms with Gasteiger partial charge in [-0.2, -0.15) is 0 Å². The molecule has 0 spiro atoms. The van der Waals surface area contributed by atoms with Gasteiger partial charge in [0.2, 0.25) is 0 Å². The summed E-state index contributed by atoms with van der Waals surface area (Å²) in [6.45, 7) is -0.434. The van der Waals surface area contributed by atoms with Gasteiger partial charge in [-0.1, -0.05) is 231 Å². The molecule has 101 heavy (non-hydrogen) atoms. The Morgan fingerprint density at radius 2 is 0.653 bits per heavy atom. The van der Waals surface area contributed by atoms with Crippen molar-refractivity contribution in [2.24, 2.45) is 0 Å². The first kappa shape index (κ1) is 57.0. The quantitative estimate of drug-likeness (QED) is 0.106. The topological polar surface area (TPSA) is 22.2 Å². The fraction of sp³-hybridized carbons (Fsp3) is 0.0110. The Labute approximate surface area is 596 Å². The van der Waals surface area contributed by atoms with Gasteiger partial charge >= 0.3 is 0 Å². The van der Waals surface area contributed by atoms with E-state index in [2.05, 4.69) is 353 Å². The van der Waals surface area contributed by atoms with E-state index in [0.717, 1.165) is 90.8 Å². The summed E-state index contributed by atoms with van der Waals surface area (Å²) in [6, 6.07) is 125. The molecule has 18 aromatic rings. The summed E-state index contributed by atoms with van der Waals surface area (Å²) in [5.74, 6) is 1.65. The fourth-order valence-electron chi connectivity index (χ4n) is 17.4. The zero-order chi connectivity index (χ0) is 66.0. The summed E-state index contributed by atoms with van der Waals surface area (Å²) < 4.78 is 15.0. The third-order valence-corrected chi connectivity index (χ3v) is 25.2. The van der Waals surface area contributed by atoms with Gasteiger partial charge in [-0.05, 0) is 153 Å². The predicted octanol–water partition coefficient (Wildman–Crippen LogP) is 21.9. The van der Waals surface area contributed by atoms with Crippen LogP contribution >= 0.6 is 34.0 Å². The molecule has 470 valence electrons. The highest BCUT2D eigenvalue weighted by atomic mass is 32.1. The SMILES string of the molecule is c1ccc(C(c2ccccc2)c2cc3c4c(c2)N(c2cccc5c2sc2ccccc25)c2cc5c(cc2B4c2ccccc2O3)B2c3ccccc3N(c3cccc4c3sc3ccccc34)c3cc(N(c4ccccc4)c4ccccc4)cc(c32)N5c2cccc3c2sc2ccccc23)cc1. The number of hydrogen-bond acceptors (Lipinski definition) is 8. The molecule has 4 aliphatic rings. The van der Waals surface area contributed by atoms with Gasteiger partial charge in [0.25, 0.3) is 13.4 Å². The van der Waals surface area contributed by atoms with Crippen molar-refractivity contribution in [2.75, 3.05) is 19.6 Å². The molecule has 4 aliphatic heterocycles. The van der Waals surface area contributed by atoms with Gasteiger partial charge in [0, 0.05) is 97.8 Å². The number of para-hydroxylation sites is 4. The molecular weight excluding hydrogens is 1280 g/mol. The molecule has 10 heteroatoms. The van der Waals surface area contributed by atoms with E-state index < -0.39 is 0 Å². The van der Waals surface area contributed by atoms with Gasteiger partial charge in [-0.3, -0.25) is 0 Å². The molecule has 0 bridgehead atoms. The van der Waals surface area contributed by atoms with E-state index in [9.17, 15) is 0 Å². The van der Waals surface area contributed by atoms with Gasteiger partial charge < -0.3 is 24.3 Å². The van der Waals surface area contributed by atoms with E-state index in [-0.39, 0.29) is 19.3 Å². The molecule has 0 radical (unpaired) electrons. The third kappa shape index (κ3) is 8.50. The maximum absolute atomic E-state index is 7.49. The van der Waals surface area contributed by atoms with Crippen molar-refractivity contribution in [3.8, 4) is 11.5 Å². The second-order valence-corrected chi connectivity index (χ2v) is 30.1. The average molecular weight is 1340 g/mol. The molecular formula is C91H56B2N4OS3. The van der Waals surface area contributed by atoms with E-state index in [0.29, 0.717) is 0 Å². The first-order valence-electron chi connectivity index (χ1n) is 34.6. The van der Waals surface area contributed by atoms with Crippen LogP contribution in [0.3, 0.4) is 0 Å². The lowest BCUT2D eigenvalue weighted by Gasteiger charge is -2.47. The summed E-state index contributed by atoms with van der Waals surface area (Å²) in [6.07, 6.45) is 0. The van der Waals surface area contributed by atoms with Crippen LogP contribution in [-0.4, -0.2) is 13.4 Å². The molecule has 0 saturated heterocycles. The van der Waals surface area contributed by atoms with Crippen LogP contribution in [-0.2, 0) is 0 Å². The number of thiophene rings is 3. The highest BCUT2D eigenvalue weighted by molar-refractivity contribution is 7.27. The summed E-state index contributed by atoms with van der Waals surface area (Å²) in [4.78, 5) is 10.4. The molecule has 22 rings (SSSR count). The van der Waals surface area contributed by atoms with Crippen LogP contribution in [0.2, 0.25) is 0 Å². The molecule has 0 amide bonds. The van der Waals surface area contributed by atoms with E-state index in [4.69, 9.17) is 4.74 Å². The number of ether oxygens (including phenoxy) is 1. The van der Waals surface area contributed by atoms with E-state index in [1.54, 1.807) is 0 Å². The normalized spacial score (nSPS) is 13.2. The van der Waals surface area contributed by atoms with Crippen molar-refractivity contribution >= 4 is 209 Å². The van der Waals surface area contributed by atoms with Crippen molar-refractivity contribution in [3.63, 3.8) is 0 Å². The lowest BCUT2D eigenvalue weighted by molar-refractivity contribution is 0.486. The second-order valence-electron chi connectivity index (χ2n) is 26.9. The van der Waals surface area contributed by atoms with E-state index in [1.807, 2.05) is 34.0 Å². The Kier molecular flexibility index (Phi) is 12.6. The minimum atomic E-state index is -0.224. The maximum Gasteiger partial charge on any atom is 0.256 e. The smallest absolute Gasteiger partial charge is 0.256 e. The van der Waals surface area contributed by atoms with Gasteiger partial charge in [0.1, 0.15) is 11.5 Å². The number of nitrogens with zero attached hydrogens (tertiary/aromatic N) is 4. The van der Waals surface area contributed by atoms with Gasteiger partial charge in [0.15, 0.2) is 0 Å². The molecule has 7 heterocycles. The third-order valence-electron chi connectivity index (χ3n) is 21.5. The molecule has 15 aromatic carbocycles. The van der Waals surface area contributed by atoms with Crippen LogP contribution in [0.1, 0.15) is 22.6 Å². The Morgan fingerprint density at radius 1 is 0.257 bits per heavy atom. The predicted molar refractivity (Wildman–Crippen MR) is 433 cm³/mol. The highest BCUT2D eigenvalue weighted by Crippen LogP contribution is 2.55. The molecule has 5 nitrogen and oxygen atoms in total. The van der Waals surface area contributed by atoms with Crippen LogP contribution in [0.15, 0.2) is 334 Å². The minimum absolute atomic E-state index is 0.106. The molecule has 3 aromatic heterocycles. The largest absolute Gasteiger partial charge is 0.458 e. The van der Waals surface area contributed by atoms with Crippen LogP contribution < -0.4 is 57.1 Å². The summed E-state index contributed by atoms with van der Waals surface area (Å²) in [7, 11) is 0. The Bertz CT molecular complexity index is 6380. The molecule has 0 unspecified atom stereocenters. The lowest BCUT2D eigenvalue weighted by atomic mass is 9.30. The molecule has 0 fully saturated rings. The molecule has 0 atom stereocenters. The monoisotopic (exact) mass is 1340 g/mol. The number of rotatable bonds is 9. The van der Waals surface area contributed by atoms with E-state index >= 15 is 0 Å². The van der Waals surface area contributed by atoms with Crippen LogP contribution in [0.5, 0.6) is 11.5 Å². The summed E-state index contributed by atoms with van der Waals surface area (Å²) in [5.41, 5.74) is 24.3. The standard InChI is InChI=1S/C91H56B2N4OS3/c1-5-26-56(27-6-1)86(57-28-7-2-8-29-57)58-50-78-88-82(51-58)98-81-46-19-17-41-69(81)93(88)71-54-70-76(55-77(71)96(78)74-44-24-38-66-63-35-14-21-48-84(63)100-90(66)74)97(75-45-25-39-67-64-36-15-22-49-85(64)101-91(67)75)80-53-61(94(59-30-9-3-10-31-59)60-32-11-4-12-33-60)52-79-87(80)92(70)68-40-16-18-42-72(68)95(79)73-43-23-37-65-62-34-13-20-47-83(62)99-89(65)73/h1-55,86H. The molecule has 0 saturated carbocycles. The maximum atomic E-state index is 7.49. The van der Waals surface area contributed by atoms with Crippen LogP contribution in [0.25, 0.3) is 60.5 Å². The average Bonchev–Trinajstić information content (AvgIpc) is 1.39. The number of hydrogen-bond donors (Lipinski definition) is 0. The first-order valence-corrected chi connectivity index (χ1v) is 37.1. The molecule has 0 aliphatic carbocycles. The first-order chi connectivity index (χ1) is 50.1. The number of anilines is 12. The zero-order valence-electron chi connectivity index (χ0n) is 54.4. The minimum Gasteiger partial charge on any atom is -0.458 e. The lowest BCUT2D eigenvalue weighted by Crippen LogP contribution is -2.64. The van der Waals surface area contributed by atoms with Crippen molar-refractivity contribution in [2.45, 2.75) is 5.92 Å². The summed E-state index contributed by atoms with van der Waals surface area (Å²) in [5, 5.41) is 7.53. The fourth-order valence-corrected chi connectivity index (χ4v) is 21.0. The van der Waals surface area contributed by atoms with Gasteiger partial charge in [0.05, 0.1) is 36.8 Å². The van der Waals surface area contributed by atoms with E-state index in [1.165, 1.54) is 99.0 Å². The zero-order valence-corrected chi connectivity index (χ0v) is 56.9. The second kappa shape index (κ2) is 22.3. The number of benzene rings is 15. The Balaban J connectivity index is 0.896. The number of fused-ring (bicyclic) bond motifs is 17. The van der Waals surface area contributed by atoms with Crippen molar-refractivity contribution in [1.29, 1.82) is 0 Å². The van der Waals surface area contributed by atoms with Crippen molar-refractivity contribution in [1.82, 2.24) is 0 Å². The summed E-state index contributed by atoms with van der Waals surface area (Å²) >= 11 is 5.66. The van der Waals surface area contributed by atoms with Gasteiger partial charge in [-0.25, -0.2) is 0 Å². The Morgan fingerprint density at radius 3 is 1.17 bits per heavy atom.